The van der Waals surface area contributed by atoms with Crippen molar-refractivity contribution in [2.24, 2.45) is 7.05 Å². The van der Waals surface area contributed by atoms with Crippen molar-refractivity contribution in [3.8, 4) is 22.5 Å². The van der Waals surface area contributed by atoms with Crippen LogP contribution in [0.5, 0.6) is 0 Å². The number of carbonyl (C=O) groups is 1. The highest BCUT2D eigenvalue weighted by Crippen LogP contribution is 2.32. The van der Waals surface area contributed by atoms with Gasteiger partial charge in [-0.25, -0.2) is 4.98 Å². The van der Waals surface area contributed by atoms with Crippen LogP contribution in [-0.4, -0.2) is 36.8 Å². The Bertz CT molecular complexity index is 1110. The average Bonchev–Trinajstić information content (AvgIpc) is 3.31. The molecule has 0 unspecified atom stereocenters. The number of nitrogens with zero attached hydrogens (tertiary/aromatic N) is 5. The largest absolute Gasteiger partial charge is 0.350 e. The predicted octanol–water partition coefficient (Wildman–Crippen LogP) is 3.08. The van der Waals surface area contributed by atoms with Gasteiger partial charge in [-0.05, 0) is 19.1 Å². The van der Waals surface area contributed by atoms with Gasteiger partial charge in [0, 0.05) is 55.4 Å². The van der Waals surface area contributed by atoms with Crippen LogP contribution in [-0.2, 0) is 13.6 Å². The summed E-state index contributed by atoms with van der Waals surface area (Å²) in [5, 5.41) is 7.45. The second-order valence-electron chi connectivity index (χ2n) is 6.79. The third-order valence-electron chi connectivity index (χ3n) is 4.73. The SMILES string of the molecule is Cc1nn(C)cc1-c1c(-c2ccccc2)ncn1CCNC(=O)c1ccncc1. The Balaban J connectivity index is 1.61. The minimum absolute atomic E-state index is 0.116. The molecule has 146 valence electrons. The highest BCUT2D eigenvalue weighted by molar-refractivity contribution is 5.93. The fourth-order valence-electron chi connectivity index (χ4n) is 3.37. The molecule has 0 aliphatic rings. The Kier molecular flexibility index (Phi) is 5.20. The maximum Gasteiger partial charge on any atom is 0.251 e. The maximum atomic E-state index is 12.3. The van der Waals surface area contributed by atoms with Gasteiger partial charge in [-0.2, -0.15) is 5.10 Å². The van der Waals surface area contributed by atoms with Crippen LogP contribution < -0.4 is 5.32 Å². The van der Waals surface area contributed by atoms with Crippen LogP contribution in [0.3, 0.4) is 0 Å². The van der Waals surface area contributed by atoms with Crippen LogP contribution in [0.15, 0.2) is 67.4 Å². The standard InChI is InChI=1S/C22H22N6O/c1-16-19(14-27(2)26-16)21-20(17-6-4-3-5-7-17)25-15-28(21)13-12-24-22(29)18-8-10-23-11-9-18/h3-11,14-15H,12-13H2,1-2H3,(H,24,29). The molecular weight excluding hydrogens is 364 g/mol. The number of amides is 1. The molecule has 0 spiro atoms. The van der Waals surface area contributed by atoms with E-state index in [1.165, 1.54) is 0 Å². The van der Waals surface area contributed by atoms with Crippen molar-refractivity contribution in [2.75, 3.05) is 6.54 Å². The van der Waals surface area contributed by atoms with Crippen molar-refractivity contribution >= 4 is 5.91 Å². The molecule has 1 N–H and O–H groups in total. The van der Waals surface area contributed by atoms with E-state index in [4.69, 9.17) is 0 Å². The molecule has 0 aliphatic carbocycles. The molecule has 7 heteroatoms. The Morgan fingerprint density at radius 2 is 1.86 bits per heavy atom. The van der Waals surface area contributed by atoms with E-state index in [-0.39, 0.29) is 5.91 Å². The van der Waals surface area contributed by atoms with Gasteiger partial charge in [-0.15, -0.1) is 0 Å². The number of pyridine rings is 1. The summed E-state index contributed by atoms with van der Waals surface area (Å²) in [7, 11) is 1.91. The summed E-state index contributed by atoms with van der Waals surface area (Å²) < 4.78 is 3.88. The number of benzene rings is 1. The molecule has 29 heavy (non-hydrogen) atoms. The van der Waals surface area contributed by atoms with Gasteiger partial charge < -0.3 is 9.88 Å². The molecule has 0 saturated heterocycles. The van der Waals surface area contributed by atoms with Gasteiger partial charge in [0.25, 0.3) is 5.91 Å². The van der Waals surface area contributed by atoms with Gasteiger partial charge in [0.1, 0.15) is 0 Å². The highest BCUT2D eigenvalue weighted by Gasteiger charge is 2.18. The maximum absolute atomic E-state index is 12.3. The molecule has 0 saturated carbocycles. The molecule has 7 nitrogen and oxygen atoms in total. The summed E-state index contributed by atoms with van der Waals surface area (Å²) in [5.74, 6) is -0.116. The summed E-state index contributed by atoms with van der Waals surface area (Å²) in [5.41, 5.74) is 5.52. The number of imidazole rings is 1. The highest BCUT2D eigenvalue weighted by atomic mass is 16.1. The van der Waals surface area contributed by atoms with Crippen LogP contribution in [0.2, 0.25) is 0 Å². The van der Waals surface area contributed by atoms with Gasteiger partial charge in [-0.1, -0.05) is 30.3 Å². The van der Waals surface area contributed by atoms with Gasteiger partial charge in [0.05, 0.1) is 23.4 Å². The lowest BCUT2D eigenvalue weighted by molar-refractivity contribution is 0.0952. The molecule has 3 aromatic heterocycles. The molecule has 0 aliphatic heterocycles. The van der Waals surface area contributed by atoms with Crippen molar-refractivity contribution < 1.29 is 4.79 Å². The van der Waals surface area contributed by atoms with E-state index >= 15 is 0 Å². The van der Waals surface area contributed by atoms with Gasteiger partial charge in [0.15, 0.2) is 0 Å². The summed E-state index contributed by atoms with van der Waals surface area (Å²) >= 11 is 0. The van der Waals surface area contributed by atoms with E-state index in [1.807, 2.05) is 61.5 Å². The topological polar surface area (TPSA) is 77.6 Å². The van der Waals surface area contributed by atoms with Crippen molar-refractivity contribution in [2.45, 2.75) is 13.5 Å². The fourth-order valence-corrected chi connectivity index (χ4v) is 3.37. The summed E-state index contributed by atoms with van der Waals surface area (Å²) in [6.45, 7) is 3.07. The van der Waals surface area contributed by atoms with Gasteiger partial charge in [0.2, 0.25) is 0 Å². The van der Waals surface area contributed by atoms with Crippen molar-refractivity contribution in [3.05, 3.63) is 78.6 Å². The van der Waals surface area contributed by atoms with Crippen molar-refractivity contribution in [3.63, 3.8) is 0 Å². The molecule has 4 rings (SSSR count). The number of aryl methyl sites for hydroxylation is 2. The Morgan fingerprint density at radius 1 is 1.10 bits per heavy atom. The molecular formula is C22H22N6O. The van der Waals surface area contributed by atoms with E-state index in [2.05, 4.69) is 25.0 Å². The second-order valence-corrected chi connectivity index (χ2v) is 6.79. The fraction of sp³-hybridized carbons (Fsp3) is 0.182. The first kappa shape index (κ1) is 18.6. The first-order valence-corrected chi connectivity index (χ1v) is 9.43. The number of rotatable bonds is 6. The van der Waals surface area contributed by atoms with Gasteiger partial charge >= 0.3 is 0 Å². The molecule has 4 aromatic rings. The van der Waals surface area contributed by atoms with E-state index in [0.29, 0.717) is 18.7 Å². The molecule has 0 atom stereocenters. The van der Waals surface area contributed by atoms with E-state index < -0.39 is 0 Å². The van der Waals surface area contributed by atoms with Crippen LogP contribution in [0.4, 0.5) is 0 Å². The molecule has 3 heterocycles. The minimum atomic E-state index is -0.116. The molecule has 0 fully saturated rings. The number of aromatic nitrogens is 5. The molecule has 1 aromatic carbocycles. The Morgan fingerprint density at radius 3 is 2.55 bits per heavy atom. The monoisotopic (exact) mass is 386 g/mol. The lowest BCUT2D eigenvalue weighted by Gasteiger charge is -2.11. The lowest BCUT2D eigenvalue weighted by Crippen LogP contribution is -2.27. The zero-order valence-corrected chi connectivity index (χ0v) is 16.4. The lowest BCUT2D eigenvalue weighted by atomic mass is 10.1. The number of carbonyl (C=O) groups excluding carboxylic acids is 1. The zero-order valence-electron chi connectivity index (χ0n) is 16.4. The molecule has 0 radical (unpaired) electrons. The second kappa shape index (κ2) is 8.10. The van der Waals surface area contributed by atoms with Gasteiger partial charge in [-0.3, -0.25) is 14.5 Å². The van der Waals surface area contributed by atoms with E-state index in [9.17, 15) is 4.79 Å². The third kappa shape index (κ3) is 3.94. The Labute approximate surface area is 169 Å². The quantitative estimate of drug-likeness (QED) is 0.552. The van der Waals surface area contributed by atoms with Crippen LogP contribution >= 0.6 is 0 Å². The summed E-state index contributed by atoms with van der Waals surface area (Å²) in [4.78, 5) is 20.9. The number of hydrogen-bond acceptors (Lipinski definition) is 4. The van der Waals surface area contributed by atoms with E-state index in [0.717, 1.165) is 28.2 Å². The van der Waals surface area contributed by atoms with Crippen LogP contribution in [0.25, 0.3) is 22.5 Å². The zero-order chi connectivity index (χ0) is 20.2. The summed E-state index contributed by atoms with van der Waals surface area (Å²) in [6, 6.07) is 13.5. The minimum Gasteiger partial charge on any atom is -0.350 e. The van der Waals surface area contributed by atoms with Crippen LogP contribution in [0.1, 0.15) is 16.1 Å². The molecule has 1 amide bonds. The third-order valence-corrected chi connectivity index (χ3v) is 4.73. The van der Waals surface area contributed by atoms with Crippen molar-refractivity contribution in [1.29, 1.82) is 0 Å². The molecule has 0 bridgehead atoms. The summed E-state index contributed by atoms with van der Waals surface area (Å²) in [6.07, 6.45) is 7.05. The number of hydrogen-bond donors (Lipinski definition) is 1. The van der Waals surface area contributed by atoms with Crippen molar-refractivity contribution in [1.82, 2.24) is 29.6 Å². The van der Waals surface area contributed by atoms with E-state index in [1.54, 1.807) is 24.5 Å². The normalized spacial score (nSPS) is 10.8. The van der Waals surface area contributed by atoms with Crippen LogP contribution in [0, 0.1) is 6.92 Å². The smallest absolute Gasteiger partial charge is 0.251 e. The average molecular weight is 386 g/mol. The Hall–Kier alpha value is -3.74. The number of nitrogens with one attached hydrogen (secondary N) is 1. The predicted molar refractivity (Wildman–Crippen MR) is 111 cm³/mol. The first-order valence-electron chi connectivity index (χ1n) is 9.43. The first-order chi connectivity index (χ1) is 14.1.